The van der Waals surface area contributed by atoms with Crippen LogP contribution >= 0.6 is 0 Å². The van der Waals surface area contributed by atoms with E-state index >= 15 is 0 Å². The maximum Gasteiger partial charge on any atom is 0.341 e. The summed E-state index contributed by atoms with van der Waals surface area (Å²) in [4.78, 5) is 25.1. The first-order valence-electron chi connectivity index (χ1n) is 6.17. The lowest BCUT2D eigenvalue weighted by atomic mass is 10.2. The minimum atomic E-state index is -1.17. The molecule has 100 valence electrons. The molecule has 1 aromatic rings. The van der Waals surface area contributed by atoms with Crippen LogP contribution in [0.4, 0.5) is 0 Å². The fourth-order valence-electron chi connectivity index (χ4n) is 1.89. The summed E-state index contributed by atoms with van der Waals surface area (Å²) < 4.78 is 1.53. The van der Waals surface area contributed by atoms with Gasteiger partial charge in [0.25, 0.3) is 5.56 Å². The van der Waals surface area contributed by atoms with E-state index in [1.807, 2.05) is 6.92 Å². The quantitative estimate of drug-likeness (QED) is 0.826. The summed E-state index contributed by atoms with van der Waals surface area (Å²) in [5.74, 6) is -1.17. The van der Waals surface area contributed by atoms with Crippen molar-refractivity contribution >= 4 is 5.97 Å². The lowest BCUT2D eigenvalue weighted by molar-refractivity contribution is 0.0694. The Morgan fingerprint density at radius 1 is 1.33 bits per heavy atom. The van der Waals surface area contributed by atoms with Crippen LogP contribution in [0.5, 0.6) is 0 Å². The topological polar surface area (TPSA) is 62.5 Å². The third-order valence-corrected chi connectivity index (χ3v) is 3.16. The Morgan fingerprint density at radius 3 is 2.44 bits per heavy atom. The normalized spacial score (nSPS) is 10.9. The lowest BCUT2D eigenvalue weighted by Gasteiger charge is -2.19. The summed E-state index contributed by atoms with van der Waals surface area (Å²) in [7, 11) is 0. The summed E-state index contributed by atoms with van der Waals surface area (Å²) in [5.41, 5.74) is 0.201. The highest BCUT2D eigenvalue weighted by Crippen LogP contribution is 2.00. The molecule has 0 fully saturated rings. The van der Waals surface area contributed by atoms with Gasteiger partial charge in [0.15, 0.2) is 0 Å². The number of carboxylic acid groups (broad SMARTS) is 1. The Labute approximate surface area is 107 Å². The number of likely N-dealkylation sites (N-methyl/N-ethyl adjacent to an activating group) is 1. The fourth-order valence-corrected chi connectivity index (χ4v) is 1.89. The summed E-state index contributed by atoms with van der Waals surface area (Å²) in [6.07, 6.45) is 0. The van der Waals surface area contributed by atoms with Crippen molar-refractivity contribution in [2.75, 3.05) is 19.6 Å². The molecule has 5 nitrogen and oxygen atoms in total. The number of carboxylic acids is 1. The molecule has 0 aliphatic heterocycles. The molecule has 0 bridgehead atoms. The first-order valence-corrected chi connectivity index (χ1v) is 6.17. The average molecular weight is 252 g/mol. The van der Waals surface area contributed by atoms with Gasteiger partial charge >= 0.3 is 5.97 Å². The van der Waals surface area contributed by atoms with E-state index in [1.165, 1.54) is 10.6 Å². The van der Waals surface area contributed by atoms with Gasteiger partial charge in [0.05, 0.1) is 0 Å². The minimum absolute atomic E-state index is 0.167. The van der Waals surface area contributed by atoms with Crippen molar-refractivity contribution in [3.05, 3.63) is 33.7 Å². The van der Waals surface area contributed by atoms with Crippen LogP contribution in [0.15, 0.2) is 16.9 Å². The summed E-state index contributed by atoms with van der Waals surface area (Å²) in [6, 6.07) is 3.04. The maximum atomic E-state index is 12.0. The van der Waals surface area contributed by atoms with E-state index in [2.05, 4.69) is 18.7 Å². The van der Waals surface area contributed by atoms with Gasteiger partial charge in [-0.25, -0.2) is 4.79 Å². The smallest absolute Gasteiger partial charge is 0.341 e. The van der Waals surface area contributed by atoms with Crippen LogP contribution in [-0.2, 0) is 6.54 Å². The standard InChI is InChI=1S/C13H20N2O3/c1-4-14(5-2)8-9-15-10(3)6-7-11(12(15)16)13(17)18/h6-7H,4-5,8-9H2,1-3H3,(H,17,18). The zero-order valence-electron chi connectivity index (χ0n) is 11.1. The van der Waals surface area contributed by atoms with E-state index < -0.39 is 11.5 Å². The van der Waals surface area contributed by atoms with E-state index in [9.17, 15) is 9.59 Å². The van der Waals surface area contributed by atoms with Gasteiger partial charge in [-0.3, -0.25) is 4.79 Å². The van der Waals surface area contributed by atoms with Gasteiger partial charge in [-0.2, -0.15) is 0 Å². The van der Waals surface area contributed by atoms with Gasteiger partial charge in [0.1, 0.15) is 5.56 Å². The van der Waals surface area contributed by atoms with Crippen LogP contribution in [0.3, 0.4) is 0 Å². The van der Waals surface area contributed by atoms with Gasteiger partial charge in [0.2, 0.25) is 0 Å². The van der Waals surface area contributed by atoms with Crippen molar-refractivity contribution in [3.8, 4) is 0 Å². The van der Waals surface area contributed by atoms with E-state index in [-0.39, 0.29) is 5.56 Å². The van der Waals surface area contributed by atoms with Crippen LogP contribution in [-0.4, -0.2) is 40.2 Å². The number of nitrogens with zero attached hydrogens (tertiary/aromatic N) is 2. The van der Waals surface area contributed by atoms with Gasteiger partial charge in [-0.15, -0.1) is 0 Å². The van der Waals surface area contributed by atoms with Crippen LogP contribution in [0.2, 0.25) is 0 Å². The molecular formula is C13H20N2O3. The number of hydrogen-bond acceptors (Lipinski definition) is 3. The van der Waals surface area contributed by atoms with Crippen LogP contribution in [0.25, 0.3) is 0 Å². The Hall–Kier alpha value is -1.62. The molecule has 0 aliphatic rings. The van der Waals surface area contributed by atoms with Crippen molar-refractivity contribution < 1.29 is 9.90 Å². The number of carbonyl (C=O) groups is 1. The molecule has 0 unspecified atom stereocenters. The summed E-state index contributed by atoms with van der Waals surface area (Å²) >= 11 is 0. The molecule has 1 heterocycles. The largest absolute Gasteiger partial charge is 0.477 e. The second-order valence-corrected chi connectivity index (χ2v) is 4.18. The van der Waals surface area contributed by atoms with Gasteiger partial charge in [0, 0.05) is 18.8 Å². The predicted octanol–water partition coefficient (Wildman–Crippen LogP) is 1.20. The number of rotatable bonds is 6. The maximum absolute atomic E-state index is 12.0. The lowest BCUT2D eigenvalue weighted by Crippen LogP contribution is -2.33. The van der Waals surface area contributed by atoms with Gasteiger partial charge in [-0.05, 0) is 32.1 Å². The number of aromatic nitrogens is 1. The van der Waals surface area contributed by atoms with E-state index in [1.54, 1.807) is 6.07 Å². The zero-order chi connectivity index (χ0) is 13.7. The Bertz CT molecular complexity index is 476. The molecule has 18 heavy (non-hydrogen) atoms. The minimum Gasteiger partial charge on any atom is -0.477 e. The van der Waals surface area contributed by atoms with Crippen molar-refractivity contribution in [1.82, 2.24) is 9.47 Å². The first kappa shape index (κ1) is 14.4. The molecule has 0 aromatic carbocycles. The molecule has 0 saturated carbocycles. The number of pyridine rings is 1. The molecule has 1 aromatic heterocycles. The van der Waals surface area contributed by atoms with E-state index in [4.69, 9.17) is 5.11 Å². The molecule has 0 aliphatic carbocycles. The molecule has 1 N–H and O–H groups in total. The van der Waals surface area contributed by atoms with Gasteiger partial charge < -0.3 is 14.6 Å². The molecule has 1 rings (SSSR count). The van der Waals surface area contributed by atoms with Crippen molar-refractivity contribution in [1.29, 1.82) is 0 Å². The molecule has 0 amide bonds. The Morgan fingerprint density at radius 2 is 1.94 bits per heavy atom. The van der Waals surface area contributed by atoms with Crippen LogP contribution < -0.4 is 5.56 Å². The fraction of sp³-hybridized carbons (Fsp3) is 0.538. The van der Waals surface area contributed by atoms with Crippen molar-refractivity contribution in [2.24, 2.45) is 0 Å². The van der Waals surface area contributed by atoms with E-state index in [0.717, 1.165) is 25.3 Å². The number of hydrogen-bond donors (Lipinski definition) is 1. The summed E-state index contributed by atoms with van der Waals surface area (Å²) in [6.45, 7) is 9.05. The Kier molecular flexibility index (Phi) is 5.09. The predicted molar refractivity (Wildman–Crippen MR) is 70.2 cm³/mol. The molecule has 0 atom stereocenters. The zero-order valence-corrected chi connectivity index (χ0v) is 11.1. The second kappa shape index (κ2) is 6.35. The second-order valence-electron chi connectivity index (χ2n) is 4.18. The third-order valence-electron chi connectivity index (χ3n) is 3.16. The number of aromatic carboxylic acids is 1. The van der Waals surface area contributed by atoms with Crippen LogP contribution in [0.1, 0.15) is 29.9 Å². The first-order chi connectivity index (χ1) is 8.51. The third kappa shape index (κ3) is 3.20. The monoisotopic (exact) mass is 252 g/mol. The Balaban J connectivity index is 2.98. The highest BCUT2D eigenvalue weighted by atomic mass is 16.4. The molecular weight excluding hydrogens is 232 g/mol. The highest BCUT2D eigenvalue weighted by Gasteiger charge is 2.12. The van der Waals surface area contributed by atoms with Crippen molar-refractivity contribution in [2.45, 2.75) is 27.3 Å². The summed E-state index contributed by atoms with van der Waals surface area (Å²) in [5, 5.41) is 8.93. The molecule has 0 saturated heterocycles. The van der Waals surface area contributed by atoms with Crippen molar-refractivity contribution in [3.63, 3.8) is 0 Å². The molecule has 5 heteroatoms. The molecule has 0 radical (unpaired) electrons. The highest BCUT2D eigenvalue weighted by molar-refractivity contribution is 5.87. The molecule has 0 spiro atoms. The van der Waals surface area contributed by atoms with Crippen LogP contribution in [0, 0.1) is 6.92 Å². The SMILES string of the molecule is CCN(CC)CCn1c(C)ccc(C(=O)O)c1=O. The average Bonchev–Trinajstić information content (AvgIpc) is 2.33. The number of aryl methyl sites for hydroxylation is 1. The van der Waals surface area contributed by atoms with E-state index in [0.29, 0.717) is 6.54 Å². The van der Waals surface area contributed by atoms with Gasteiger partial charge in [-0.1, -0.05) is 13.8 Å².